The van der Waals surface area contributed by atoms with Crippen LogP contribution in [0.1, 0.15) is 11.1 Å². The lowest BCUT2D eigenvalue weighted by Crippen LogP contribution is -2.33. The Bertz CT molecular complexity index is 656. The van der Waals surface area contributed by atoms with E-state index >= 15 is 0 Å². The maximum absolute atomic E-state index is 12.7. The van der Waals surface area contributed by atoms with Crippen molar-refractivity contribution in [3.8, 4) is 0 Å². The fraction of sp³-hybridized carbons (Fsp3) is 0.118. The minimum atomic E-state index is -0.301. The fourth-order valence-corrected chi connectivity index (χ4v) is 2.04. The number of carbonyl (C=O) groups is 1. The number of hydrogen-bond donors (Lipinski definition) is 2. The van der Waals surface area contributed by atoms with Crippen LogP contribution in [-0.2, 0) is 6.42 Å². The van der Waals surface area contributed by atoms with E-state index in [1.54, 1.807) is 24.3 Å². The summed E-state index contributed by atoms with van der Waals surface area (Å²) in [7, 11) is 0. The minimum absolute atomic E-state index is 0.265. The normalized spacial score (nSPS) is 10.6. The van der Waals surface area contributed by atoms with Crippen molar-refractivity contribution in [3.63, 3.8) is 0 Å². The van der Waals surface area contributed by atoms with Crippen LogP contribution in [0.25, 0.3) is 6.08 Å². The lowest BCUT2D eigenvalue weighted by atomic mass is 10.1. The van der Waals surface area contributed by atoms with Gasteiger partial charge in [0, 0.05) is 17.8 Å². The maximum atomic E-state index is 12.7. The van der Waals surface area contributed by atoms with Gasteiger partial charge in [0.2, 0.25) is 0 Å². The molecule has 2 amide bonds. The third kappa shape index (κ3) is 5.22. The summed E-state index contributed by atoms with van der Waals surface area (Å²) in [6.45, 7) is 0.470. The summed E-state index contributed by atoms with van der Waals surface area (Å²) < 4.78 is 12.7. The molecular weight excluding hydrogens is 303 g/mol. The first kappa shape index (κ1) is 16.0. The largest absolute Gasteiger partial charge is 0.338 e. The van der Waals surface area contributed by atoms with Gasteiger partial charge in [-0.3, -0.25) is 0 Å². The Balaban J connectivity index is 1.72. The molecule has 0 fully saturated rings. The van der Waals surface area contributed by atoms with Crippen molar-refractivity contribution in [2.24, 2.45) is 0 Å². The molecule has 0 aliphatic carbocycles. The van der Waals surface area contributed by atoms with Gasteiger partial charge in [0.15, 0.2) is 0 Å². The molecule has 3 nitrogen and oxygen atoms in total. The van der Waals surface area contributed by atoms with E-state index in [9.17, 15) is 9.18 Å². The van der Waals surface area contributed by atoms with Crippen molar-refractivity contribution in [1.29, 1.82) is 0 Å². The lowest BCUT2D eigenvalue weighted by Gasteiger charge is -2.05. The van der Waals surface area contributed by atoms with Gasteiger partial charge in [0.1, 0.15) is 5.82 Å². The van der Waals surface area contributed by atoms with E-state index in [4.69, 9.17) is 11.6 Å². The Hall–Kier alpha value is -2.33. The van der Waals surface area contributed by atoms with Gasteiger partial charge < -0.3 is 10.6 Å². The zero-order valence-corrected chi connectivity index (χ0v) is 12.6. The van der Waals surface area contributed by atoms with Gasteiger partial charge in [-0.25, -0.2) is 9.18 Å². The number of benzene rings is 2. The van der Waals surface area contributed by atoms with Crippen LogP contribution in [0.2, 0.25) is 5.02 Å². The fourth-order valence-electron chi connectivity index (χ4n) is 1.84. The molecule has 0 bridgehead atoms. The second kappa shape index (κ2) is 8.20. The number of halogens is 2. The van der Waals surface area contributed by atoms with Crippen LogP contribution in [0, 0.1) is 5.82 Å². The molecule has 0 saturated carbocycles. The Morgan fingerprint density at radius 1 is 1.14 bits per heavy atom. The molecule has 114 valence electrons. The molecule has 0 aromatic heterocycles. The molecule has 2 rings (SSSR count). The van der Waals surface area contributed by atoms with Crippen LogP contribution < -0.4 is 10.6 Å². The van der Waals surface area contributed by atoms with E-state index in [1.165, 1.54) is 18.3 Å². The van der Waals surface area contributed by atoms with Crippen LogP contribution in [-0.4, -0.2) is 12.6 Å². The highest BCUT2D eigenvalue weighted by Crippen LogP contribution is 2.15. The Morgan fingerprint density at radius 2 is 1.86 bits per heavy atom. The first-order chi connectivity index (χ1) is 10.6. The summed E-state index contributed by atoms with van der Waals surface area (Å²) in [5, 5.41) is 5.95. The summed E-state index contributed by atoms with van der Waals surface area (Å²) in [5.41, 5.74) is 1.80. The summed E-state index contributed by atoms with van der Waals surface area (Å²) >= 11 is 6.00. The number of urea groups is 1. The Kier molecular flexibility index (Phi) is 5.98. The molecule has 22 heavy (non-hydrogen) atoms. The van der Waals surface area contributed by atoms with E-state index in [0.29, 0.717) is 18.0 Å². The molecule has 5 heteroatoms. The second-order valence-electron chi connectivity index (χ2n) is 4.63. The second-order valence-corrected chi connectivity index (χ2v) is 5.04. The van der Waals surface area contributed by atoms with Gasteiger partial charge in [-0.1, -0.05) is 41.9 Å². The van der Waals surface area contributed by atoms with Gasteiger partial charge in [0.25, 0.3) is 0 Å². The quantitative estimate of drug-likeness (QED) is 0.860. The van der Waals surface area contributed by atoms with Crippen LogP contribution in [0.4, 0.5) is 9.18 Å². The monoisotopic (exact) mass is 318 g/mol. The third-order valence-corrected chi connectivity index (χ3v) is 3.34. The van der Waals surface area contributed by atoms with E-state index in [2.05, 4.69) is 10.6 Å². The van der Waals surface area contributed by atoms with Crippen molar-refractivity contribution < 1.29 is 9.18 Å². The summed E-state index contributed by atoms with van der Waals surface area (Å²) in [6, 6.07) is 13.3. The number of carbonyl (C=O) groups excluding carboxylic acids is 1. The number of amides is 2. The molecule has 0 atom stereocenters. The van der Waals surface area contributed by atoms with E-state index < -0.39 is 0 Å². The van der Waals surface area contributed by atoms with Crippen molar-refractivity contribution in [2.75, 3.05) is 6.54 Å². The molecule has 0 saturated heterocycles. The Morgan fingerprint density at radius 3 is 2.59 bits per heavy atom. The van der Waals surface area contributed by atoms with Crippen LogP contribution in [0.15, 0.2) is 54.7 Å². The maximum Gasteiger partial charge on any atom is 0.318 e. The van der Waals surface area contributed by atoms with E-state index in [-0.39, 0.29) is 11.8 Å². The molecule has 2 aromatic carbocycles. The predicted molar refractivity (Wildman–Crippen MR) is 87.1 cm³/mol. The molecule has 0 aliphatic heterocycles. The molecule has 2 N–H and O–H groups in total. The third-order valence-electron chi connectivity index (χ3n) is 3.00. The summed E-state index contributed by atoms with van der Waals surface area (Å²) in [6.07, 6.45) is 3.90. The van der Waals surface area contributed by atoms with Gasteiger partial charge >= 0.3 is 6.03 Å². The molecule has 0 spiro atoms. The highest BCUT2D eigenvalue weighted by Gasteiger charge is 1.98. The molecular formula is C17H16ClFN2O. The predicted octanol–water partition coefficient (Wildman–Crippen LogP) is 3.99. The van der Waals surface area contributed by atoms with Crippen LogP contribution >= 0.6 is 11.6 Å². The van der Waals surface area contributed by atoms with Crippen molar-refractivity contribution in [3.05, 3.63) is 76.7 Å². The molecule has 0 heterocycles. The van der Waals surface area contributed by atoms with Gasteiger partial charge in [-0.15, -0.1) is 0 Å². The summed E-state index contributed by atoms with van der Waals surface area (Å²) in [5.74, 6) is -0.265. The highest BCUT2D eigenvalue weighted by atomic mass is 35.5. The van der Waals surface area contributed by atoms with Crippen LogP contribution in [0.3, 0.4) is 0 Å². The average molecular weight is 319 g/mol. The zero-order chi connectivity index (χ0) is 15.8. The van der Waals surface area contributed by atoms with Crippen molar-refractivity contribution in [1.82, 2.24) is 10.6 Å². The molecule has 2 aromatic rings. The molecule has 0 radical (unpaired) electrons. The van der Waals surface area contributed by atoms with Crippen LogP contribution in [0.5, 0.6) is 0 Å². The van der Waals surface area contributed by atoms with E-state index in [0.717, 1.165) is 11.1 Å². The van der Waals surface area contributed by atoms with Crippen molar-refractivity contribution >= 4 is 23.7 Å². The number of rotatable bonds is 5. The topological polar surface area (TPSA) is 41.1 Å². The standard InChI is InChI=1S/C17H16ClFN2O/c18-16-4-2-1-3-14(16)10-12-21-17(22)20-11-9-13-5-7-15(19)8-6-13/h1-8,10,12H,9,11H2,(H2,20,21,22)/b12-10+. The Labute approximate surface area is 133 Å². The van der Waals surface area contributed by atoms with Gasteiger partial charge in [-0.05, 0) is 41.8 Å². The van der Waals surface area contributed by atoms with Gasteiger partial charge in [-0.2, -0.15) is 0 Å². The van der Waals surface area contributed by atoms with Crippen molar-refractivity contribution in [2.45, 2.75) is 6.42 Å². The highest BCUT2D eigenvalue weighted by molar-refractivity contribution is 6.32. The smallest absolute Gasteiger partial charge is 0.318 e. The lowest BCUT2D eigenvalue weighted by molar-refractivity contribution is 0.244. The molecule has 0 unspecified atom stereocenters. The first-order valence-corrected chi connectivity index (χ1v) is 7.23. The van der Waals surface area contributed by atoms with Gasteiger partial charge in [0.05, 0.1) is 0 Å². The minimum Gasteiger partial charge on any atom is -0.338 e. The zero-order valence-electron chi connectivity index (χ0n) is 11.9. The number of hydrogen-bond acceptors (Lipinski definition) is 1. The number of nitrogens with one attached hydrogen (secondary N) is 2. The summed E-state index contributed by atoms with van der Waals surface area (Å²) in [4.78, 5) is 11.6. The van der Waals surface area contributed by atoms with E-state index in [1.807, 2.05) is 18.2 Å². The SMILES string of the molecule is O=C(N/C=C/c1ccccc1Cl)NCCc1ccc(F)cc1. The molecule has 0 aliphatic rings. The first-order valence-electron chi connectivity index (χ1n) is 6.85. The average Bonchev–Trinajstić information content (AvgIpc) is 2.51.